The minimum atomic E-state index is 0.179. The van der Waals surface area contributed by atoms with Crippen molar-refractivity contribution in [3.8, 4) is 11.8 Å². The monoisotopic (exact) mass is 280 g/mol. The van der Waals surface area contributed by atoms with Crippen LogP contribution < -0.4 is 10.1 Å². The molecule has 1 unspecified atom stereocenters. The van der Waals surface area contributed by atoms with E-state index >= 15 is 0 Å². The number of hydrogen-bond acceptors (Lipinski definition) is 3. The van der Waals surface area contributed by atoms with Crippen LogP contribution in [0.4, 0.5) is 5.69 Å². The number of aryl methyl sites for hydroxylation is 2. The van der Waals surface area contributed by atoms with E-state index < -0.39 is 0 Å². The van der Waals surface area contributed by atoms with Crippen molar-refractivity contribution in [2.24, 2.45) is 0 Å². The maximum atomic E-state index is 8.93. The maximum Gasteiger partial charge on any atom is 0.119 e. The van der Waals surface area contributed by atoms with Gasteiger partial charge in [-0.2, -0.15) is 5.26 Å². The van der Waals surface area contributed by atoms with Gasteiger partial charge in [0, 0.05) is 5.69 Å². The summed E-state index contributed by atoms with van der Waals surface area (Å²) < 4.78 is 5.76. The van der Waals surface area contributed by atoms with Crippen molar-refractivity contribution in [1.29, 1.82) is 5.26 Å². The molecule has 0 aromatic heterocycles. The summed E-state index contributed by atoms with van der Waals surface area (Å²) in [4.78, 5) is 0. The number of hydrogen-bond donors (Lipinski definition) is 1. The Hall–Kier alpha value is -2.47. The van der Waals surface area contributed by atoms with Gasteiger partial charge >= 0.3 is 0 Å². The third-order valence-corrected chi connectivity index (χ3v) is 3.28. The van der Waals surface area contributed by atoms with Gasteiger partial charge in [-0.3, -0.25) is 0 Å². The van der Waals surface area contributed by atoms with E-state index in [1.807, 2.05) is 49.4 Å². The summed E-state index contributed by atoms with van der Waals surface area (Å²) in [5.41, 5.74) is 3.92. The number of ether oxygens (including phenoxy) is 1. The van der Waals surface area contributed by atoms with Crippen LogP contribution in [0.1, 0.15) is 23.6 Å². The Bertz CT molecular complexity index is 641. The fourth-order valence-electron chi connectivity index (χ4n) is 2.06. The maximum absolute atomic E-state index is 8.93. The normalized spacial score (nSPS) is 11.5. The Balaban J connectivity index is 1.89. The van der Waals surface area contributed by atoms with Crippen LogP contribution >= 0.6 is 0 Å². The van der Waals surface area contributed by atoms with Gasteiger partial charge in [0.15, 0.2) is 0 Å². The lowest BCUT2D eigenvalue weighted by Crippen LogP contribution is -2.23. The fraction of sp³-hybridized carbons (Fsp3) is 0.278. The Morgan fingerprint density at radius 2 is 1.86 bits per heavy atom. The van der Waals surface area contributed by atoms with Gasteiger partial charge in [0.1, 0.15) is 12.4 Å². The lowest BCUT2D eigenvalue weighted by molar-refractivity contribution is 0.304. The molecule has 0 spiro atoms. The van der Waals surface area contributed by atoms with Gasteiger partial charge in [0.05, 0.1) is 17.7 Å². The van der Waals surface area contributed by atoms with E-state index in [1.54, 1.807) is 0 Å². The second-order valence-corrected chi connectivity index (χ2v) is 5.31. The highest BCUT2D eigenvalue weighted by Crippen LogP contribution is 2.16. The van der Waals surface area contributed by atoms with Crippen molar-refractivity contribution in [3.63, 3.8) is 0 Å². The molecule has 3 nitrogen and oxygen atoms in total. The second-order valence-electron chi connectivity index (χ2n) is 5.31. The first kappa shape index (κ1) is 14.9. The molecule has 0 bridgehead atoms. The Labute approximate surface area is 126 Å². The fourth-order valence-corrected chi connectivity index (χ4v) is 2.06. The zero-order chi connectivity index (χ0) is 15.2. The molecular weight excluding hydrogens is 260 g/mol. The molecule has 2 rings (SSSR count). The van der Waals surface area contributed by atoms with Gasteiger partial charge < -0.3 is 10.1 Å². The minimum absolute atomic E-state index is 0.179. The standard InChI is InChI=1S/C18H20N2O/c1-13-4-8-18(9-5-13)21-12-15(3)20-17-7-6-16(11-19)14(2)10-17/h4-10,15,20H,12H2,1-3H3. The average Bonchev–Trinajstić information content (AvgIpc) is 2.47. The summed E-state index contributed by atoms with van der Waals surface area (Å²) in [6.45, 7) is 6.65. The average molecular weight is 280 g/mol. The predicted molar refractivity (Wildman–Crippen MR) is 85.7 cm³/mol. The van der Waals surface area contributed by atoms with Crippen LogP contribution in [0.15, 0.2) is 42.5 Å². The number of anilines is 1. The highest BCUT2D eigenvalue weighted by molar-refractivity contribution is 5.52. The third kappa shape index (κ3) is 4.25. The number of nitrogens with one attached hydrogen (secondary N) is 1. The molecule has 2 aromatic carbocycles. The molecule has 0 fully saturated rings. The predicted octanol–water partition coefficient (Wildman–Crippen LogP) is 4.05. The largest absolute Gasteiger partial charge is 0.491 e. The molecule has 0 aliphatic carbocycles. The van der Waals surface area contributed by atoms with Crippen molar-refractivity contribution in [2.45, 2.75) is 26.8 Å². The highest BCUT2D eigenvalue weighted by Gasteiger charge is 2.05. The third-order valence-electron chi connectivity index (χ3n) is 3.28. The number of nitrogens with zero attached hydrogens (tertiary/aromatic N) is 1. The molecule has 0 saturated heterocycles. The van der Waals surface area contributed by atoms with E-state index in [-0.39, 0.29) is 6.04 Å². The quantitative estimate of drug-likeness (QED) is 0.898. The first-order valence-corrected chi connectivity index (χ1v) is 7.05. The van der Waals surface area contributed by atoms with E-state index in [9.17, 15) is 0 Å². The first-order valence-electron chi connectivity index (χ1n) is 7.05. The van der Waals surface area contributed by atoms with Gasteiger partial charge in [-0.1, -0.05) is 17.7 Å². The van der Waals surface area contributed by atoms with E-state index in [0.717, 1.165) is 17.0 Å². The minimum Gasteiger partial charge on any atom is -0.491 e. The van der Waals surface area contributed by atoms with Crippen molar-refractivity contribution >= 4 is 5.69 Å². The molecule has 0 aliphatic heterocycles. The summed E-state index contributed by atoms with van der Waals surface area (Å²) in [5.74, 6) is 0.880. The van der Waals surface area contributed by atoms with Crippen LogP contribution in [0.5, 0.6) is 5.75 Å². The molecular formula is C18H20N2O. The van der Waals surface area contributed by atoms with Crippen LogP contribution in [0.2, 0.25) is 0 Å². The second kappa shape index (κ2) is 6.81. The van der Waals surface area contributed by atoms with Gasteiger partial charge in [-0.05, 0) is 56.7 Å². The topological polar surface area (TPSA) is 45.0 Å². The van der Waals surface area contributed by atoms with E-state index in [1.165, 1.54) is 5.56 Å². The highest BCUT2D eigenvalue weighted by atomic mass is 16.5. The lowest BCUT2D eigenvalue weighted by Gasteiger charge is -2.17. The number of rotatable bonds is 5. The summed E-state index contributed by atoms with van der Waals surface area (Å²) in [5, 5.41) is 12.3. The zero-order valence-electron chi connectivity index (χ0n) is 12.7. The van der Waals surface area contributed by atoms with Crippen molar-refractivity contribution in [1.82, 2.24) is 0 Å². The molecule has 108 valence electrons. The Morgan fingerprint density at radius 3 is 2.48 bits per heavy atom. The van der Waals surface area contributed by atoms with Crippen LogP contribution in [-0.2, 0) is 0 Å². The van der Waals surface area contributed by atoms with Gasteiger partial charge in [-0.15, -0.1) is 0 Å². The molecule has 3 heteroatoms. The Morgan fingerprint density at radius 1 is 1.14 bits per heavy atom. The van der Waals surface area contributed by atoms with E-state index in [0.29, 0.717) is 12.2 Å². The van der Waals surface area contributed by atoms with Crippen LogP contribution in [0.25, 0.3) is 0 Å². The van der Waals surface area contributed by atoms with Gasteiger partial charge in [0.25, 0.3) is 0 Å². The van der Waals surface area contributed by atoms with E-state index in [2.05, 4.69) is 25.2 Å². The van der Waals surface area contributed by atoms with Gasteiger partial charge in [0.2, 0.25) is 0 Å². The molecule has 1 N–H and O–H groups in total. The van der Waals surface area contributed by atoms with Crippen LogP contribution in [0.3, 0.4) is 0 Å². The molecule has 0 radical (unpaired) electrons. The molecule has 2 aromatic rings. The smallest absolute Gasteiger partial charge is 0.119 e. The molecule has 0 saturated carbocycles. The lowest BCUT2D eigenvalue weighted by atomic mass is 10.1. The van der Waals surface area contributed by atoms with Crippen LogP contribution in [0, 0.1) is 25.2 Å². The molecule has 0 heterocycles. The Kier molecular flexibility index (Phi) is 4.84. The number of benzene rings is 2. The summed E-state index contributed by atoms with van der Waals surface area (Å²) >= 11 is 0. The van der Waals surface area contributed by atoms with Crippen molar-refractivity contribution < 1.29 is 4.74 Å². The van der Waals surface area contributed by atoms with Crippen molar-refractivity contribution in [3.05, 3.63) is 59.2 Å². The SMILES string of the molecule is Cc1ccc(OCC(C)Nc2ccc(C#N)c(C)c2)cc1. The summed E-state index contributed by atoms with van der Waals surface area (Å²) in [6, 6.07) is 16.1. The molecule has 0 aliphatic rings. The molecule has 1 atom stereocenters. The number of nitriles is 1. The van der Waals surface area contributed by atoms with Crippen molar-refractivity contribution in [2.75, 3.05) is 11.9 Å². The van der Waals surface area contributed by atoms with Crippen LogP contribution in [-0.4, -0.2) is 12.6 Å². The summed E-state index contributed by atoms with van der Waals surface area (Å²) in [7, 11) is 0. The van der Waals surface area contributed by atoms with E-state index in [4.69, 9.17) is 10.00 Å². The first-order chi connectivity index (χ1) is 10.1. The zero-order valence-corrected chi connectivity index (χ0v) is 12.7. The summed E-state index contributed by atoms with van der Waals surface area (Å²) in [6.07, 6.45) is 0. The molecule has 0 amide bonds. The van der Waals surface area contributed by atoms with Gasteiger partial charge in [-0.25, -0.2) is 0 Å². The molecule has 21 heavy (non-hydrogen) atoms.